The van der Waals surface area contributed by atoms with E-state index < -0.39 is 6.10 Å². The van der Waals surface area contributed by atoms with Gasteiger partial charge in [-0.3, -0.25) is 4.90 Å². The molecule has 0 amide bonds. The zero-order valence-corrected chi connectivity index (χ0v) is 14.1. The van der Waals surface area contributed by atoms with Crippen LogP contribution in [-0.4, -0.2) is 62.7 Å². The predicted octanol–water partition coefficient (Wildman–Crippen LogP) is 1.93. The van der Waals surface area contributed by atoms with Gasteiger partial charge in [-0.15, -0.1) is 0 Å². The number of aliphatic hydroxyl groups is 1. The first-order valence-electron chi connectivity index (χ1n) is 7.69. The molecule has 1 aromatic rings. The van der Waals surface area contributed by atoms with Crippen LogP contribution >= 0.6 is 0 Å². The Hall–Kier alpha value is -1.14. The normalized spacial score (nSPS) is 12.9. The summed E-state index contributed by atoms with van der Waals surface area (Å²) in [4.78, 5) is 2.15. The van der Waals surface area contributed by atoms with Gasteiger partial charge in [-0.05, 0) is 19.9 Å². The van der Waals surface area contributed by atoms with E-state index in [1.54, 1.807) is 14.2 Å². The van der Waals surface area contributed by atoms with Gasteiger partial charge in [0.2, 0.25) is 0 Å². The molecule has 5 heteroatoms. The molecule has 126 valence electrons. The third-order valence-electron chi connectivity index (χ3n) is 3.29. The highest BCUT2D eigenvalue weighted by molar-refractivity contribution is 5.33. The number of rotatable bonds is 11. The van der Waals surface area contributed by atoms with Crippen molar-refractivity contribution in [2.45, 2.75) is 32.6 Å². The Morgan fingerprint density at radius 1 is 1.18 bits per heavy atom. The van der Waals surface area contributed by atoms with Crippen LogP contribution in [0.25, 0.3) is 0 Å². The molecule has 1 aromatic carbocycles. The van der Waals surface area contributed by atoms with E-state index in [-0.39, 0.29) is 6.10 Å². The van der Waals surface area contributed by atoms with E-state index >= 15 is 0 Å². The molecule has 0 aliphatic carbocycles. The number of nitrogens with zero attached hydrogens (tertiary/aromatic N) is 1. The van der Waals surface area contributed by atoms with Crippen molar-refractivity contribution in [2.75, 3.05) is 40.5 Å². The van der Waals surface area contributed by atoms with Gasteiger partial charge >= 0.3 is 0 Å². The minimum atomic E-state index is -0.519. The highest BCUT2D eigenvalue weighted by Gasteiger charge is 2.15. The molecule has 0 bridgehead atoms. The highest BCUT2D eigenvalue weighted by Crippen LogP contribution is 2.19. The van der Waals surface area contributed by atoms with Gasteiger partial charge in [0.1, 0.15) is 5.75 Å². The molecule has 0 aromatic heterocycles. The quantitative estimate of drug-likeness (QED) is 0.677. The highest BCUT2D eigenvalue weighted by atomic mass is 16.5. The fourth-order valence-electron chi connectivity index (χ4n) is 2.18. The van der Waals surface area contributed by atoms with E-state index in [0.29, 0.717) is 26.3 Å². The van der Waals surface area contributed by atoms with E-state index in [2.05, 4.69) is 4.90 Å². The van der Waals surface area contributed by atoms with Gasteiger partial charge in [0.05, 0.1) is 32.5 Å². The van der Waals surface area contributed by atoms with Gasteiger partial charge in [0, 0.05) is 32.3 Å². The lowest BCUT2D eigenvalue weighted by atomic mass is 10.1. The molecule has 0 aliphatic rings. The Bertz CT molecular complexity index is 411. The fraction of sp³-hybridized carbons (Fsp3) is 0.647. The lowest BCUT2D eigenvalue weighted by Gasteiger charge is -2.26. The fourth-order valence-corrected chi connectivity index (χ4v) is 2.18. The van der Waals surface area contributed by atoms with Gasteiger partial charge < -0.3 is 19.3 Å². The third-order valence-corrected chi connectivity index (χ3v) is 3.29. The lowest BCUT2D eigenvalue weighted by Crippen LogP contribution is -2.37. The predicted molar refractivity (Wildman–Crippen MR) is 87.2 cm³/mol. The zero-order chi connectivity index (χ0) is 16.4. The molecule has 0 fully saturated rings. The summed E-state index contributed by atoms with van der Waals surface area (Å²) < 4.78 is 16.0. The van der Waals surface area contributed by atoms with E-state index in [1.807, 2.05) is 38.1 Å². The molecule has 0 radical (unpaired) electrons. The second-order valence-corrected chi connectivity index (χ2v) is 5.58. The summed E-state index contributed by atoms with van der Waals surface area (Å²) in [5, 5.41) is 10.1. The number of aliphatic hydroxyl groups excluding tert-OH is 1. The first-order valence-corrected chi connectivity index (χ1v) is 7.69. The average Bonchev–Trinajstić information content (AvgIpc) is 2.51. The molecule has 0 spiro atoms. The van der Waals surface area contributed by atoms with Crippen LogP contribution in [-0.2, 0) is 16.0 Å². The van der Waals surface area contributed by atoms with Crippen molar-refractivity contribution < 1.29 is 19.3 Å². The number of methoxy groups -OCH3 is 2. The van der Waals surface area contributed by atoms with E-state index in [4.69, 9.17) is 14.2 Å². The summed E-state index contributed by atoms with van der Waals surface area (Å²) in [6.07, 6.45) is -0.398. The molecular formula is C17H29NO4. The Balaban J connectivity index is 2.63. The molecule has 1 atom stereocenters. The maximum absolute atomic E-state index is 10.1. The second kappa shape index (κ2) is 10.6. The van der Waals surface area contributed by atoms with Crippen molar-refractivity contribution in [3.63, 3.8) is 0 Å². The number of hydrogen-bond acceptors (Lipinski definition) is 5. The number of hydrogen-bond donors (Lipinski definition) is 1. The van der Waals surface area contributed by atoms with Gasteiger partial charge in [-0.1, -0.05) is 18.2 Å². The molecule has 1 rings (SSSR count). The van der Waals surface area contributed by atoms with Crippen LogP contribution in [0.4, 0.5) is 0 Å². The first-order chi connectivity index (χ1) is 10.6. The monoisotopic (exact) mass is 311 g/mol. The minimum absolute atomic E-state index is 0.122. The molecular weight excluding hydrogens is 282 g/mol. The van der Waals surface area contributed by atoms with Crippen LogP contribution in [0.1, 0.15) is 19.4 Å². The summed E-state index contributed by atoms with van der Waals surface area (Å²) in [5.41, 5.74) is 1.10. The summed E-state index contributed by atoms with van der Waals surface area (Å²) in [7, 11) is 3.35. The lowest BCUT2D eigenvalue weighted by molar-refractivity contribution is -0.0122. The zero-order valence-electron chi connectivity index (χ0n) is 14.1. The third kappa shape index (κ3) is 7.22. The van der Waals surface area contributed by atoms with Gasteiger partial charge in [0.15, 0.2) is 0 Å². The molecule has 22 heavy (non-hydrogen) atoms. The minimum Gasteiger partial charge on any atom is -0.496 e. The van der Waals surface area contributed by atoms with Gasteiger partial charge in [-0.2, -0.15) is 0 Å². The maximum atomic E-state index is 10.1. The van der Waals surface area contributed by atoms with Crippen LogP contribution in [0.2, 0.25) is 0 Å². The standard InChI is InChI=1S/C17H29NO4/c1-14(2)22-13-16(19)12-18(9-10-20-3)11-15-7-5-6-8-17(15)21-4/h5-8,14,16,19H,9-13H2,1-4H3. The molecule has 1 unspecified atom stereocenters. The molecule has 5 nitrogen and oxygen atoms in total. The summed E-state index contributed by atoms with van der Waals surface area (Å²) in [5.74, 6) is 0.859. The summed E-state index contributed by atoms with van der Waals surface area (Å²) in [6.45, 7) is 6.86. The van der Waals surface area contributed by atoms with Crippen LogP contribution in [0.3, 0.4) is 0 Å². The van der Waals surface area contributed by atoms with E-state index in [1.165, 1.54) is 0 Å². The summed E-state index contributed by atoms with van der Waals surface area (Å²) in [6, 6.07) is 7.93. The van der Waals surface area contributed by atoms with Gasteiger partial charge in [-0.25, -0.2) is 0 Å². The molecule has 0 heterocycles. The smallest absolute Gasteiger partial charge is 0.123 e. The van der Waals surface area contributed by atoms with E-state index in [0.717, 1.165) is 17.9 Å². The number of benzene rings is 1. The number of ether oxygens (including phenoxy) is 3. The van der Waals surface area contributed by atoms with E-state index in [9.17, 15) is 5.11 Å². The van der Waals surface area contributed by atoms with Crippen molar-refractivity contribution in [3.8, 4) is 5.75 Å². The van der Waals surface area contributed by atoms with Gasteiger partial charge in [0.25, 0.3) is 0 Å². The van der Waals surface area contributed by atoms with Crippen molar-refractivity contribution in [1.29, 1.82) is 0 Å². The Kier molecular flexibility index (Phi) is 9.08. The second-order valence-electron chi connectivity index (χ2n) is 5.58. The average molecular weight is 311 g/mol. The van der Waals surface area contributed by atoms with Crippen molar-refractivity contribution in [2.24, 2.45) is 0 Å². The van der Waals surface area contributed by atoms with Crippen LogP contribution in [0, 0.1) is 0 Å². The van der Waals surface area contributed by atoms with Crippen molar-refractivity contribution in [1.82, 2.24) is 4.90 Å². The molecule has 1 N–H and O–H groups in total. The van der Waals surface area contributed by atoms with Crippen molar-refractivity contribution >= 4 is 0 Å². The largest absolute Gasteiger partial charge is 0.496 e. The van der Waals surface area contributed by atoms with Crippen LogP contribution in [0.15, 0.2) is 24.3 Å². The number of para-hydroxylation sites is 1. The SMILES string of the molecule is COCCN(Cc1ccccc1OC)CC(O)COC(C)C. The Labute approximate surface area is 133 Å². The Morgan fingerprint density at radius 3 is 2.55 bits per heavy atom. The van der Waals surface area contributed by atoms with Crippen LogP contribution in [0.5, 0.6) is 5.75 Å². The summed E-state index contributed by atoms with van der Waals surface area (Å²) >= 11 is 0. The Morgan fingerprint density at radius 2 is 1.91 bits per heavy atom. The molecule has 0 saturated heterocycles. The maximum Gasteiger partial charge on any atom is 0.123 e. The van der Waals surface area contributed by atoms with Crippen molar-refractivity contribution in [3.05, 3.63) is 29.8 Å². The van der Waals surface area contributed by atoms with Crippen LogP contribution < -0.4 is 4.74 Å². The first kappa shape index (κ1) is 18.9. The topological polar surface area (TPSA) is 51.2 Å². The molecule has 0 saturated carbocycles. The molecule has 0 aliphatic heterocycles.